The third kappa shape index (κ3) is 4.10. The molecule has 158 valence electrons. The van der Waals surface area contributed by atoms with Crippen LogP contribution < -0.4 is 5.32 Å². The summed E-state index contributed by atoms with van der Waals surface area (Å²) in [6.07, 6.45) is 6.32. The SMILES string of the molecule is CC(c1[nH]c2cc(Cl)ccc2c1-c1cncc(-c2cccc(Cl)c2)c1)C1CCCNC1. The second kappa shape index (κ2) is 8.66. The van der Waals surface area contributed by atoms with E-state index in [1.54, 1.807) is 0 Å². The molecule has 5 rings (SSSR count). The maximum absolute atomic E-state index is 6.32. The number of benzene rings is 2. The van der Waals surface area contributed by atoms with Gasteiger partial charge in [-0.2, -0.15) is 0 Å². The Morgan fingerprint density at radius 1 is 0.968 bits per heavy atom. The molecule has 2 aromatic carbocycles. The van der Waals surface area contributed by atoms with Gasteiger partial charge in [0.15, 0.2) is 0 Å². The van der Waals surface area contributed by atoms with Gasteiger partial charge in [0.1, 0.15) is 0 Å². The van der Waals surface area contributed by atoms with Crippen LogP contribution in [0.5, 0.6) is 0 Å². The number of halogens is 2. The molecule has 0 amide bonds. The van der Waals surface area contributed by atoms with E-state index in [0.29, 0.717) is 11.8 Å². The van der Waals surface area contributed by atoms with E-state index in [4.69, 9.17) is 23.2 Å². The summed E-state index contributed by atoms with van der Waals surface area (Å²) in [6, 6.07) is 16.2. The first-order valence-electron chi connectivity index (χ1n) is 10.8. The average molecular weight is 450 g/mol. The predicted molar refractivity (Wildman–Crippen MR) is 131 cm³/mol. The molecule has 31 heavy (non-hydrogen) atoms. The number of aromatic amines is 1. The zero-order valence-corrected chi connectivity index (χ0v) is 19.0. The highest BCUT2D eigenvalue weighted by atomic mass is 35.5. The summed E-state index contributed by atoms with van der Waals surface area (Å²) in [6.45, 7) is 4.50. The van der Waals surface area contributed by atoms with Crippen LogP contribution in [0.2, 0.25) is 10.0 Å². The molecule has 2 unspecified atom stereocenters. The Balaban J connectivity index is 1.66. The van der Waals surface area contributed by atoms with Gasteiger partial charge in [0, 0.05) is 61.6 Å². The Morgan fingerprint density at radius 3 is 2.61 bits per heavy atom. The van der Waals surface area contributed by atoms with Gasteiger partial charge in [0.25, 0.3) is 0 Å². The molecule has 1 fully saturated rings. The molecule has 2 atom stereocenters. The highest BCUT2D eigenvalue weighted by Crippen LogP contribution is 2.41. The number of H-pyrrole nitrogens is 1. The fourth-order valence-corrected chi connectivity index (χ4v) is 5.15. The fraction of sp³-hybridized carbons (Fsp3) is 0.269. The van der Waals surface area contributed by atoms with Gasteiger partial charge in [0.05, 0.1) is 0 Å². The van der Waals surface area contributed by atoms with Gasteiger partial charge in [-0.15, -0.1) is 0 Å². The lowest BCUT2D eigenvalue weighted by Gasteiger charge is -2.28. The first-order chi connectivity index (χ1) is 15.1. The van der Waals surface area contributed by atoms with Crippen LogP contribution >= 0.6 is 23.2 Å². The molecule has 2 N–H and O–H groups in total. The Labute approximate surface area is 192 Å². The van der Waals surface area contributed by atoms with Crippen molar-refractivity contribution in [2.24, 2.45) is 5.92 Å². The van der Waals surface area contributed by atoms with Crippen LogP contribution in [0.25, 0.3) is 33.2 Å². The number of fused-ring (bicyclic) bond motifs is 1. The van der Waals surface area contributed by atoms with E-state index in [1.807, 2.05) is 42.7 Å². The van der Waals surface area contributed by atoms with Crippen molar-refractivity contribution in [1.82, 2.24) is 15.3 Å². The maximum atomic E-state index is 6.32. The first-order valence-corrected chi connectivity index (χ1v) is 11.6. The van der Waals surface area contributed by atoms with E-state index in [-0.39, 0.29) is 0 Å². The summed E-state index contributed by atoms with van der Waals surface area (Å²) in [5.41, 5.74) is 6.78. The highest BCUT2D eigenvalue weighted by molar-refractivity contribution is 6.31. The first kappa shape index (κ1) is 20.6. The summed E-state index contributed by atoms with van der Waals surface area (Å²) in [5.74, 6) is 0.990. The summed E-state index contributed by atoms with van der Waals surface area (Å²) in [5, 5.41) is 6.21. The number of rotatable bonds is 4. The van der Waals surface area contributed by atoms with Gasteiger partial charge in [-0.05, 0) is 67.7 Å². The minimum Gasteiger partial charge on any atom is -0.358 e. The van der Waals surface area contributed by atoms with E-state index >= 15 is 0 Å². The number of hydrogen-bond acceptors (Lipinski definition) is 2. The molecule has 1 aliphatic rings. The van der Waals surface area contributed by atoms with Crippen molar-refractivity contribution in [3.63, 3.8) is 0 Å². The standard InChI is InChI=1S/C26H25Cl2N3/c1-16(18-5-3-9-29-13-18)26-25(23-8-7-22(28)12-24(23)31-26)20-10-19(14-30-15-20)17-4-2-6-21(27)11-17/h2,4,6-8,10-12,14-16,18,29,31H,3,5,9,13H2,1H3. The van der Waals surface area contributed by atoms with Crippen LogP contribution in [-0.2, 0) is 0 Å². The molecule has 5 heteroatoms. The van der Waals surface area contributed by atoms with E-state index in [2.05, 4.69) is 40.4 Å². The number of nitrogens with zero attached hydrogens (tertiary/aromatic N) is 1. The van der Waals surface area contributed by atoms with Gasteiger partial charge in [-0.1, -0.05) is 48.3 Å². The van der Waals surface area contributed by atoms with Crippen molar-refractivity contribution in [3.05, 3.63) is 76.7 Å². The fourth-order valence-electron chi connectivity index (χ4n) is 4.79. The van der Waals surface area contributed by atoms with E-state index in [9.17, 15) is 0 Å². The van der Waals surface area contributed by atoms with Crippen LogP contribution in [0.4, 0.5) is 0 Å². The van der Waals surface area contributed by atoms with Crippen molar-refractivity contribution in [1.29, 1.82) is 0 Å². The summed E-state index contributed by atoms with van der Waals surface area (Å²) in [7, 11) is 0. The maximum Gasteiger partial charge on any atom is 0.0477 e. The second-order valence-corrected chi connectivity index (χ2v) is 9.34. The zero-order valence-electron chi connectivity index (χ0n) is 17.5. The minimum absolute atomic E-state index is 0.392. The lowest BCUT2D eigenvalue weighted by Crippen LogP contribution is -2.32. The Morgan fingerprint density at radius 2 is 1.81 bits per heavy atom. The monoisotopic (exact) mass is 449 g/mol. The van der Waals surface area contributed by atoms with Gasteiger partial charge < -0.3 is 10.3 Å². The van der Waals surface area contributed by atoms with Crippen molar-refractivity contribution < 1.29 is 0 Å². The van der Waals surface area contributed by atoms with Crippen molar-refractivity contribution in [3.8, 4) is 22.3 Å². The minimum atomic E-state index is 0.392. The summed E-state index contributed by atoms with van der Waals surface area (Å²) in [4.78, 5) is 8.30. The predicted octanol–water partition coefficient (Wildman–Crippen LogP) is 7.31. The quantitative estimate of drug-likeness (QED) is 0.342. The molecular formula is C26H25Cl2N3. The molecule has 3 nitrogen and oxygen atoms in total. The number of aromatic nitrogens is 2. The second-order valence-electron chi connectivity index (χ2n) is 8.47. The van der Waals surface area contributed by atoms with E-state index in [0.717, 1.165) is 45.3 Å². The highest BCUT2D eigenvalue weighted by Gasteiger charge is 2.26. The number of nitrogens with one attached hydrogen (secondary N) is 2. The van der Waals surface area contributed by atoms with Gasteiger partial charge in [0.2, 0.25) is 0 Å². The molecule has 0 bridgehead atoms. The van der Waals surface area contributed by atoms with Gasteiger partial charge in [-0.3, -0.25) is 4.98 Å². The smallest absolute Gasteiger partial charge is 0.0477 e. The molecule has 1 aliphatic heterocycles. The molecule has 0 aliphatic carbocycles. The molecule has 0 spiro atoms. The van der Waals surface area contributed by atoms with Crippen LogP contribution in [-0.4, -0.2) is 23.1 Å². The molecule has 3 heterocycles. The van der Waals surface area contributed by atoms with Crippen LogP contribution in [0, 0.1) is 5.92 Å². The lowest BCUT2D eigenvalue weighted by molar-refractivity contribution is 0.332. The average Bonchev–Trinajstić information content (AvgIpc) is 3.17. The molecule has 0 saturated carbocycles. The Kier molecular flexibility index (Phi) is 5.75. The third-order valence-electron chi connectivity index (χ3n) is 6.47. The van der Waals surface area contributed by atoms with Gasteiger partial charge in [-0.25, -0.2) is 0 Å². The summed E-state index contributed by atoms with van der Waals surface area (Å²) >= 11 is 12.6. The third-order valence-corrected chi connectivity index (χ3v) is 6.94. The topological polar surface area (TPSA) is 40.7 Å². The molecule has 2 aromatic heterocycles. The van der Waals surface area contributed by atoms with E-state index in [1.165, 1.54) is 29.5 Å². The van der Waals surface area contributed by atoms with Crippen molar-refractivity contribution in [2.45, 2.75) is 25.7 Å². The van der Waals surface area contributed by atoms with Crippen LogP contribution in [0.3, 0.4) is 0 Å². The normalized spacial score (nSPS) is 17.7. The van der Waals surface area contributed by atoms with Crippen molar-refractivity contribution >= 4 is 34.1 Å². The van der Waals surface area contributed by atoms with Gasteiger partial charge >= 0.3 is 0 Å². The molecule has 4 aromatic rings. The number of hydrogen-bond donors (Lipinski definition) is 2. The number of piperidine rings is 1. The zero-order chi connectivity index (χ0) is 21.4. The molecule has 0 radical (unpaired) electrons. The molecule has 1 saturated heterocycles. The van der Waals surface area contributed by atoms with Crippen molar-refractivity contribution in [2.75, 3.05) is 13.1 Å². The Bertz CT molecular complexity index is 1220. The van der Waals surface area contributed by atoms with Crippen LogP contribution in [0.1, 0.15) is 31.4 Å². The largest absolute Gasteiger partial charge is 0.358 e. The van der Waals surface area contributed by atoms with Crippen LogP contribution in [0.15, 0.2) is 60.9 Å². The molecular weight excluding hydrogens is 425 g/mol. The Hall–Kier alpha value is -2.33. The lowest BCUT2D eigenvalue weighted by atomic mass is 9.83. The van der Waals surface area contributed by atoms with E-state index < -0.39 is 0 Å². The summed E-state index contributed by atoms with van der Waals surface area (Å²) < 4.78 is 0. The number of pyridine rings is 1.